The Balaban J connectivity index is 1.42. The van der Waals surface area contributed by atoms with Crippen molar-refractivity contribution < 1.29 is 4.79 Å². The minimum absolute atomic E-state index is 0.256. The molecule has 0 aromatic heterocycles. The molecule has 4 heteroatoms. The van der Waals surface area contributed by atoms with Crippen LogP contribution in [0.25, 0.3) is 0 Å². The molecule has 148 valence electrons. The molecule has 0 saturated carbocycles. The predicted molar refractivity (Wildman–Crippen MR) is 110 cm³/mol. The van der Waals surface area contributed by atoms with Crippen LogP contribution in [0.2, 0.25) is 0 Å². The van der Waals surface area contributed by atoms with Gasteiger partial charge in [-0.2, -0.15) is 0 Å². The van der Waals surface area contributed by atoms with Gasteiger partial charge in [-0.05, 0) is 101 Å². The fraction of sp³-hybridized carbons (Fsp3) is 0.696. The Morgan fingerprint density at radius 1 is 1.00 bits per heavy atom. The third-order valence-corrected chi connectivity index (χ3v) is 6.71. The largest absolute Gasteiger partial charge is 0.334 e. The maximum absolute atomic E-state index is 13.3. The molecule has 3 aliphatic heterocycles. The molecular weight excluding hydrogens is 334 g/mol. The summed E-state index contributed by atoms with van der Waals surface area (Å²) in [7, 11) is 0. The summed E-state index contributed by atoms with van der Waals surface area (Å²) < 4.78 is 0. The van der Waals surface area contributed by atoms with Crippen LogP contribution >= 0.6 is 0 Å². The lowest BCUT2D eigenvalue weighted by atomic mass is 9.90. The third kappa shape index (κ3) is 4.91. The van der Waals surface area contributed by atoms with E-state index in [2.05, 4.69) is 33.3 Å². The molecule has 4 nitrogen and oxygen atoms in total. The lowest BCUT2D eigenvalue weighted by Crippen LogP contribution is -2.49. The van der Waals surface area contributed by atoms with Crippen LogP contribution < -0.4 is 5.32 Å². The highest BCUT2D eigenvalue weighted by Gasteiger charge is 2.29. The van der Waals surface area contributed by atoms with E-state index in [0.717, 1.165) is 56.9 Å². The summed E-state index contributed by atoms with van der Waals surface area (Å²) in [6.45, 7) is 6.69. The van der Waals surface area contributed by atoms with Crippen molar-refractivity contribution in [3.8, 4) is 0 Å². The first-order chi connectivity index (χ1) is 13.3. The second-order valence-corrected chi connectivity index (χ2v) is 8.75. The molecule has 1 atom stereocenters. The average Bonchev–Trinajstić information content (AvgIpc) is 3.22. The topological polar surface area (TPSA) is 35.6 Å². The average molecular weight is 370 g/mol. The Labute approximate surface area is 164 Å². The van der Waals surface area contributed by atoms with E-state index in [0.29, 0.717) is 6.04 Å². The smallest absolute Gasteiger partial charge is 0.254 e. The number of nitrogens with one attached hydrogen (secondary N) is 1. The molecule has 0 spiro atoms. The van der Waals surface area contributed by atoms with Gasteiger partial charge in [0.25, 0.3) is 5.91 Å². The van der Waals surface area contributed by atoms with Crippen molar-refractivity contribution in [3.63, 3.8) is 0 Å². The van der Waals surface area contributed by atoms with Gasteiger partial charge < -0.3 is 15.1 Å². The number of nitrogens with zero attached hydrogens (tertiary/aromatic N) is 2. The molecule has 1 aromatic rings. The van der Waals surface area contributed by atoms with Crippen molar-refractivity contribution in [1.29, 1.82) is 0 Å². The standard InChI is InChI=1S/C23H35N3O/c27-23(26-15-2-1-8-22(26)18-25-13-3-4-14-25)21-7-5-6-20(17-21)16-19-9-11-24-12-10-19/h5-7,17,19,22,24H,1-4,8-16,18H2. The van der Waals surface area contributed by atoms with E-state index in [4.69, 9.17) is 0 Å². The quantitative estimate of drug-likeness (QED) is 0.865. The summed E-state index contributed by atoms with van der Waals surface area (Å²) in [4.78, 5) is 18.1. The number of likely N-dealkylation sites (tertiary alicyclic amines) is 2. The number of hydrogen-bond acceptors (Lipinski definition) is 3. The zero-order valence-electron chi connectivity index (χ0n) is 16.7. The molecule has 1 aromatic carbocycles. The van der Waals surface area contributed by atoms with Crippen LogP contribution in [0.5, 0.6) is 0 Å². The van der Waals surface area contributed by atoms with Gasteiger partial charge in [0, 0.05) is 24.7 Å². The molecule has 3 saturated heterocycles. The molecule has 0 radical (unpaired) electrons. The Morgan fingerprint density at radius 2 is 1.78 bits per heavy atom. The van der Waals surface area contributed by atoms with Gasteiger partial charge in [0.05, 0.1) is 0 Å². The van der Waals surface area contributed by atoms with Crippen molar-refractivity contribution in [1.82, 2.24) is 15.1 Å². The van der Waals surface area contributed by atoms with E-state index in [1.165, 1.54) is 50.8 Å². The molecule has 27 heavy (non-hydrogen) atoms. The molecule has 0 bridgehead atoms. The Bertz CT molecular complexity index is 620. The summed E-state index contributed by atoms with van der Waals surface area (Å²) in [6, 6.07) is 8.89. The molecule has 0 aliphatic carbocycles. The van der Waals surface area contributed by atoms with Crippen molar-refractivity contribution in [2.75, 3.05) is 39.3 Å². The number of carbonyl (C=O) groups is 1. The SMILES string of the molecule is O=C(c1cccc(CC2CCNCC2)c1)N1CCCCC1CN1CCCC1. The molecule has 4 rings (SSSR count). The molecule has 1 N–H and O–H groups in total. The Hall–Kier alpha value is -1.39. The van der Waals surface area contributed by atoms with Crippen molar-refractivity contribution in [2.24, 2.45) is 5.92 Å². The molecule has 1 amide bonds. The van der Waals surface area contributed by atoms with Crippen LogP contribution in [0.1, 0.15) is 60.9 Å². The lowest BCUT2D eigenvalue weighted by Gasteiger charge is -2.38. The van der Waals surface area contributed by atoms with Gasteiger partial charge in [-0.15, -0.1) is 0 Å². The van der Waals surface area contributed by atoms with Crippen LogP contribution in [0, 0.1) is 5.92 Å². The zero-order chi connectivity index (χ0) is 18.5. The van der Waals surface area contributed by atoms with Gasteiger partial charge >= 0.3 is 0 Å². The minimum atomic E-state index is 0.256. The fourth-order valence-electron chi connectivity index (χ4n) is 5.14. The second kappa shape index (κ2) is 9.20. The van der Waals surface area contributed by atoms with E-state index in [1.807, 2.05) is 6.07 Å². The van der Waals surface area contributed by atoms with Gasteiger partial charge in [-0.3, -0.25) is 4.79 Å². The normalized spacial score (nSPS) is 25.0. The summed E-state index contributed by atoms with van der Waals surface area (Å²) >= 11 is 0. The number of benzene rings is 1. The number of hydrogen-bond donors (Lipinski definition) is 1. The van der Waals surface area contributed by atoms with Crippen LogP contribution in [-0.2, 0) is 6.42 Å². The first-order valence-corrected chi connectivity index (χ1v) is 11.1. The number of rotatable bonds is 5. The van der Waals surface area contributed by atoms with Crippen molar-refractivity contribution >= 4 is 5.91 Å². The Kier molecular flexibility index (Phi) is 6.46. The van der Waals surface area contributed by atoms with Crippen molar-refractivity contribution in [2.45, 2.75) is 57.4 Å². The van der Waals surface area contributed by atoms with E-state index >= 15 is 0 Å². The van der Waals surface area contributed by atoms with Gasteiger partial charge in [-0.25, -0.2) is 0 Å². The molecule has 3 fully saturated rings. The number of piperidine rings is 2. The monoisotopic (exact) mass is 369 g/mol. The molecule has 1 unspecified atom stereocenters. The highest BCUT2D eigenvalue weighted by Crippen LogP contribution is 2.24. The summed E-state index contributed by atoms with van der Waals surface area (Å²) in [5.41, 5.74) is 2.23. The van der Waals surface area contributed by atoms with Crippen LogP contribution in [0.15, 0.2) is 24.3 Å². The van der Waals surface area contributed by atoms with Gasteiger partial charge in [0.1, 0.15) is 0 Å². The minimum Gasteiger partial charge on any atom is -0.334 e. The summed E-state index contributed by atoms with van der Waals surface area (Å²) in [5.74, 6) is 1.01. The highest BCUT2D eigenvalue weighted by atomic mass is 16.2. The lowest BCUT2D eigenvalue weighted by molar-refractivity contribution is 0.0560. The first-order valence-electron chi connectivity index (χ1n) is 11.1. The van der Waals surface area contributed by atoms with Crippen LogP contribution in [0.4, 0.5) is 0 Å². The van der Waals surface area contributed by atoms with E-state index in [-0.39, 0.29) is 5.91 Å². The summed E-state index contributed by atoms with van der Waals surface area (Å²) in [6.07, 6.45) is 9.83. The first kappa shape index (κ1) is 18.9. The third-order valence-electron chi connectivity index (χ3n) is 6.71. The second-order valence-electron chi connectivity index (χ2n) is 8.75. The molecule has 3 aliphatic rings. The predicted octanol–water partition coefficient (Wildman–Crippen LogP) is 3.32. The maximum atomic E-state index is 13.3. The number of carbonyl (C=O) groups excluding carboxylic acids is 1. The Morgan fingerprint density at radius 3 is 2.59 bits per heavy atom. The van der Waals surface area contributed by atoms with Crippen LogP contribution in [-0.4, -0.2) is 61.0 Å². The molecular formula is C23H35N3O. The summed E-state index contributed by atoms with van der Waals surface area (Å²) in [5, 5.41) is 3.44. The van der Waals surface area contributed by atoms with E-state index < -0.39 is 0 Å². The molecule has 3 heterocycles. The van der Waals surface area contributed by atoms with Gasteiger partial charge in [-0.1, -0.05) is 12.1 Å². The van der Waals surface area contributed by atoms with Crippen LogP contribution in [0.3, 0.4) is 0 Å². The fourth-order valence-corrected chi connectivity index (χ4v) is 5.14. The zero-order valence-corrected chi connectivity index (χ0v) is 16.7. The van der Waals surface area contributed by atoms with Crippen molar-refractivity contribution in [3.05, 3.63) is 35.4 Å². The maximum Gasteiger partial charge on any atom is 0.254 e. The van der Waals surface area contributed by atoms with E-state index in [9.17, 15) is 4.79 Å². The van der Waals surface area contributed by atoms with Gasteiger partial charge in [0.15, 0.2) is 0 Å². The highest BCUT2D eigenvalue weighted by molar-refractivity contribution is 5.94. The number of amides is 1. The van der Waals surface area contributed by atoms with E-state index in [1.54, 1.807) is 0 Å². The van der Waals surface area contributed by atoms with Gasteiger partial charge in [0.2, 0.25) is 0 Å².